The summed E-state index contributed by atoms with van der Waals surface area (Å²) in [5.41, 5.74) is 3.18. The molecule has 1 aliphatic carbocycles. The minimum atomic E-state index is -0.226. The summed E-state index contributed by atoms with van der Waals surface area (Å²) in [4.78, 5) is 12.1. The number of carbonyl (C=O) groups excluding carboxylic acids is 1. The van der Waals surface area contributed by atoms with Gasteiger partial charge in [-0.2, -0.15) is 4.68 Å². The average molecular weight is 317 g/mol. The van der Waals surface area contributed by atoms with Gasteiger partial charge >= 0.3 is 0 Å². The number of amides is 1. The third kappa shape index (κ3) is 3.30. The molecule has 1 saturated carbocycles. The Kier molecular flexibility index (Phi) is 4.15. The second-order valence-corrected chi connectivity index (χ2v) is 7.01. The van der Waals surface area contributed by atoms with E-state index in [2.05, 4.69) is 26.9 Å². The van der Waals surface area contributed by atoms with Gasteiger partial charge in [0.15, 0.2) is 0 Å². The molecule has 1 aliphatic rings. The molecule has 1 N–H and O–H groups in total. The van der Waals surface area contributed by atoms with E-state index in [1.54, 1.807) is 4.68 Å². The smallest absolute Gasteiger partial charge is 0.233 e. The van der Waals surface area contributed by atoms with Crippen LogP contribution >= 0.6 is 11.8 Å². The topological polar surface area (TPSA) is 72.7 Å². The van der Waals surface area contributed by atoms with Crippen LogP contribution in [0.25, 0.3) is 5.69 Å². The van der Waals surface area contributed by atoms with Gasteiger partial charge in [0.05, 0.1) is 10.9 Å². The molecule has 6 nitrogen and oxygen atoms in total. The normalized spacial score (nSPS) is 15.6. The van der Waals surface area contributed by atoms with E-state index in [9.17, 15) is 4.79 Å². The van der Waals surface area contributed by atoms with Crippen molar-refractivity contribution >= 4 is 17.7 Å². The van der Waals surface area contributed by atoms with Crippen LogP contribution < -0.4 is 5.32 Å². The van der Waals surface area contributed by atoms with Crippen molar-refractivity contribution in [3.05, 3.63) is 29.3 Å². The standard InChI is InChI=1S/C15H19N5OS/c1-9-4-5-10(2)13(8-9)20-15(17-18-19-20)22-11(3)14(21)16-12-6-7-12/h4-5,8,11-12H,6-7H2,1-3H3,(H,16,21)/t11-/m0/s1. The van der Waals surface area contributed by atoms with Gasteiger partial charge in [0.1, 0.15) is 0 Å². The summed E-state index contributed by atoms with van der Waals surface area (Å²) in [5.74, 6) is 0.0445. The van der Waals surface area contributed by atoms with E-state index < -0.39 is 0 Å². The quantitative estimate of drug-likeness (QED) is 0.854. The molecule has 1 amide bonds. The Hall–Kier alpha value is -1.89. The molecular formula is C15H19N5OS. The zero-order chi connectivity index (χ0) is 15.7. The average Bonchev–Trinajstić information content (AvgIpc) is 3.18. The Labute approximate surface area is 133 Å². The highest BCUT2D eigenvalue weighted by atomic mass is 32.2. The summed E-state index contributed by atoms with van der Waals surface area (Å²) < 4.78 is 1.70. The number of rotatable bonds is 5. The Morgan fingerprint density at radius 1 is 1.41 bits per heavy atom. The van der Waals surface area contributed by atoms with E-state index in [1.807, 2.05) is 32.9 Å². The maximum absolute atomic E-state index is 12.1. The number of nitrogens with one attached hydrogen (secondary N) is 1. The molecule has 0 bridgehead atoms. The van der Waals surface area contributed by atoms with Crippen LogP contribution in [0, 0.1) is 13.8 Å². The Bertz CT molecular complexity index is 695. The molecule has 1 aromatic heterocycles. The molecule has 0 unspecified atom stereocenters. The molecular weight excluding hydrogens is 298 g/mol. The van der Waals surface area contributed by atoms with E-state index in [4.69, 9.17) is 0 Å². The molecule has 0 saturated heterocycles. The van der Waals surface area contributed by atoms with Crippen molar-refractivity contribution in [3.8, 4) is 5.69 Å². The lowest BCUT2D eigenvalue weighted by atomic mass is 10.1. The van der Waals surface area contributed by atoms with Gasteiger partial charge < -0.3 is 5.32 Å². The zero-order valence-corrected chi connectivity index (χ0v) is 13.7. The predicted octanol–water partition coefficient (Wildman–Crippen LogP) is 2.04. The maximum Gasteiger partial charge on any atom is 0.233 e. The number of thioether (sulfide) groups is 1. The number of aryl methyl sites for hydroxylation is 2. The number of carbonyl (C=O) groups is 1. The summed E-state index contributed by atoms with van der Waals surface area (Å²) in [6, 6.07) is 6.52. The lowest BCUT2D eigenvalue weighted by Gasteiger charge is -2.12. The lowest BCUT2D eigenvalue weighted by Crippen LogP contribution is -2.32. The highest BCUT2D eigenvalue weighted by Gasteiger charge is 2.27. The molecule has 0 spiro atoms. The number of hydrogen-bond acceptors (Lipinski definition) is 5. The van der Waals surface area contributed by atoms with Gasteiger partial charge in [-0.1, -0.05) is 23.9 Å². The van der Waals surface area contributed by atoms with Crippen LogP contribution in [0.1, 0.15) is 30.9 Å². The number of hydrogen-bond donors (Lipinski definition) is 1. The third-order valence-electron chi connectivity index (χ3n) is 3.61. The number of nitrogens with zero attached hydrogens (tertiary/aromatic N) is 4. The molecule has 3 rings (SSSR count). The van der Waals surface area contributed by atoms with E-state index in [-0.39, 0.29) is 11.2 Å². The van der Waals surface area contributed by atoms with Gasteiger partial charge in [-0.05, 0) is 61.2 Å². The monoisotopic (exact) mass is 317 g/mol. The number of tetrazole rings is 1. The van der Waals surface area contributed by atoms with Crippen molar-refractivity contribution in [1.29, 1.82) is 0 Å². The van der Waals surface area contributed by atoms with E-state index in [0.717, 1.165) is 29.7 Å². The van der Waals surface area contributed by atoms with Crippen molar-refractivity contribution in [2.75, 3.05) is 0 Å². The van der Waals surface area contributed by atoms with Crippen molar-refractivity contribution in [3.63, 3.8) is 0 Å². The highest BCUT2D eigenvalue weighted by Crippen LogP contribution is 2.26. The SMILES string of the molecule is Cc1ccc(C)c(-n2nnnc2S[C@@H](C)C(=O)NC2CC2)c1. The first kappa shape index (κ1) is 15.0. The fourth-order valence-corrected chi connectivity index (χ4v) is 2.92. The largest absolute Gasteiger partial charge is 0.352 e. The summed E-state index contributed by atoms with van der Waals surface area (Å²) >= 11 is 1.38. The zero-order valence-electron chi connectivity index (χ0n) is 12.9. The lowest BCUT2D eigenvalue weighted by molar-refractivity contribution is -0.120. The molecule has 1 fully saturated rings. The van der Waals surface area contributed by atoms with Crippen LogP contribution in [0.2, 0.25) is 0 Å². The van der Waals surface area contributed by atoms with Gasteiger partial charge in [-0.15, -0.1) is 5.10 Å². The number of benzene rings is 1. The molecule has 116 valence electrons. The molecule has 7 heteroatoms. The number of aromatic nitrogens is 4. The second kappa shape index (κ2) is 6.08. The van der Waals surface area contributed by atoms with Crippen LogP contribution in [0.5, 0.6) is 0 Å². The minimum Gasteiger partial charge on any atom is -0.352 e. The summed E-state index contributed by atoms with van der Waals surface area (Å²) in [6.45, 7) is 5.93. The fourth-order valence-electron chi connectivity index (χ4n) is 2.11. The third-order valence-corrected chi connectivity index (χ3v) is 4.64. The van der Waals surface area contributed by atoms with Crippen molar-refractivity contribution < 1.29 is 4.79 Å². The first-order valence-corrected chi connectivity index (χ1v) is 8.25. The fraction of sp³-hybridized carbons (Fsp3) is 0.467. The second-order valence-electron chi connectivity index (χ2n) is 5.71. The summed E-state index contributed by atoms with van der Waals surface area (Å²) in [6.07, 6.45) is 2.17. The summed E-state index contributed by atoms with van der Waals surface area (Å²) in [7, 11) is 0. The Balaban J connectivity index is 1.79. The first-order chi connectivity index (χ1) is 10.5. The maximum atomic E-state index is 12.1. The van der Waals surface area contributed by atoms with Crippen LogP contribution in [-0.2, 0) is 4.79 Å². The van der Waals surface area contributed by atoms with Crippen LogP contribution in [0.3, 0.4) is 0 Å². The van der Waals surface area contributed by atoms with Gasteiger partial charge in [-0.25, -0.2) is 0 Å². The van der Waals surface area contributed by atoms with Crippen molar-refractivity contribution in [2.45, 2.75) is 50.1 Å². The minimum absolute atomic E-state index is 0.0445. The predicted molar refractivity (Wildman–Crippen MR) is 85.1 cm³/mol. The molecule has 2 aromatic rings. The first-order valence-electron chi connectivity index (χ1n) is 7.37. The molecule has 1 heterocycles. The molecule has 0 radical (unpaired) electrons. The van der Waals surface area contributed by atoms with Crippen LogP contribution in [0.15, 0.2) is 23.4 Å². The molecule has 1 atom stereocenters. The van der Waals surface area contributed by atoms with Gasteiger partial charge in [0.2, 0.25) is 11.1 Å². The van der Waals surface area contributed by atoms with Crippen molar-refractivity contribution in [2.24, 2.45) is 0 Å². The van der Waals surface area contributed by atoms with E-state index in [1.165, 1.54) is 11.8 Å². The molecule has 0 aliphatic heterocycles. The van der Waals surface area contributed by atoms with Crippen LogP contribution in [-0.4, -0.2) is 37.4 Å². The van der Waals surface area contributed by atoms with Crippen LogP contribution in [0.4, 0.5) is 0 Å². The van der Waals surface area contributed by atoms with Crippen molar-refractivity contribution in [1.82, 2.24) is 25.5 Å². The van der Waals surface area contributed by atoms with Gasteiger partial charge in [0, 0.05) is 6.04 Å². The Morgan fingerprint density at radius 3 is 2.91 bits per heavy atom. The molecule has 1 aromatic carbocycles. The van der Waals surface area contributed by atoms with Gasteiger partial charge in [-0.3, -0.25) is 4.79 Å². The summed E-state index contributed by atoms with van der Waals surface area (Å²) in [5, 5.41) is 15.3. The van der Waals surface area contributed by atoms with Gasteiger partial charge in [0.25, 0.3) is 0 Å². The highest BCUT2D eigenvalue weighted by molar-refractivity contribution is 8.00. The van der Waals surface area contributed by atoms with E-state index >= 15 is 0 Å². The Morgan fingerprint density at radius 2 is 2.18 bits per heavy atom. The van der Waals surface area contributed by atoms with E-state index in [0.29, 0.717) is 11.2 Å². The molecule has 22 heavy (non-hydrogen) atoms.